The zero-order valence-electron chi connectivity index (χ0n) is 49.7. The summed E-state index contributed by atoms with van der Waals surface area (Å²) >= 11 is 39.5. The molecule has 0 fully saturated rings. The van der Waals surface area contributed by atoms with Crippen LogP contribution in [-0.2, 0) is 0 Å². The van der Waals surface area contributed by atoms with Gasteiger partial charge in [-0.2, -0.15) is 0 Å². The van der Waals surface area contributed by atoms with Crippen molar-refractivity contribution < 1.29 is 0 Å². The molecule has 0 aliphatic rings. The molecule has 0 aliphatic carbocycles. The van der Waals surface area contributed by atoms with E-state index < -0.39 is 0 Å². The Labute approximate surface area is 567 Å². The van der Waals surface area contributed by atoms with Crippen LogP contribution in [0.3, 0.4) is 0 Å². The maximum absolute atomic E-state index is 6.67. The number of rotatable bonds is 5. The van der Waals surface area contributed by atoms with E-state index in [4.69, 9.17) is 69.6 Å². The maximum atomic E-state index is 6.67. The van der Waals surface area contributed by atoms with Crippen molar-refractivity contribution in [3.63, 3.8) is 0 Å². The lowest BCUT2D eigenvalue weighted by Gasteiger charge is -2.14. The van der Waals surface area contributed by atoms with Gasteiger partial charge in [0.05, 0.1) is 11.0 Å². The minimum atomic E-state index is 0.729. The summed E-state index contributed by atoms with van der Waals surface area (Å²) in [5, 5.41) is 24.7. The summed E-state index contributed by atoms with van der Waals surface area (Å²) in [6.07, 6.45) is 0. The van der Waals surface area contributed by atoms with Crippen molar-refractivity contribution >= 4 is 178 Å². The van der Waals surface area contributed by atoms with Crippen LogP contribution in [0.4, 0.5) is 0 Å². The monoisotopic (exact) mass is 1310 g/mol. The molecule has 1 aromatic heterocycles. The Morgan fingerprint density at radius 2 is 0.484 bits per heavy atom. The highest BCUT2D eigenvalue weighted by Crippen LogP contribution is 2.46. The van der Waals surface area contributed by atoms with Gasteiger partial charge in [0.1, 0.15) is 0 Å². The average Bonchev–Trinajstić information content (AvgIpc) is 1.78. The van der Waals surface area contributed by atoms with Crippen molar-refractivity contribution in [2.45, 2.75) is 0 Å². The number of hydrogen-bond acceptors (Lipinski definition) is 0. The van der Waals surface area contributed by atoms with Crippen LogP contribution in [0.15, 0.2) is 309 Å². The molecule has 0 radical (unpaired) electrons. The zero-order valence-corrected chi connectivity index (χ0v) is 54.2. The van der Waals surface area contributed by atoms with E-state index in [0.29, 0.717) is 0 Å². The fourth-order valence-electron chi connectivity index (χ4n) is 13.7. The standard InChI is InChI=1S/C32H19Cl2N.C30H18Cl2.C24H14Cl2/c33-28-13-6-11-23-25(28)19-26-24(12-7-14-29(26)34)32(23)20-16-17-31-27(18-20)22-10-4-5-15-30(22)35(31)21-8-2-1-3-9-21;31-28-9-3-7-24-26(28)18-27-25(8-4-10-29(27)32)30(24)21-14-11-20(12-15-21)23-16-13-19-5-1-2-6-22(19)17-23;25-22-9-3-7-18-20(22)14-21-19(8-4-10-23(21)26)24(18)17-12-11-15-5-1-2-6-16(15)13-17/h1-19H;1-18H;1-14H. The van der Waals surface area contributed by atoms with E-state index in [0.717, 1.165) is 123 Å². The molecule has 18 aromatic rings. The van der Waals surface area contributed by atoms with Gasteiger partial charge >= 0.3 is 0 Å². The normalized spacial score (nSPS) is 11.5. The number of halogens is 6. The molecule has 17 aromatic carbocycles. The van der Waals surface area contributed by atoms with Crippen molar-refractivity contribution in [1.29, 1.82) is 0 Å². The molecule has 0 bridgehead atoms. The molecule has 0 atom stereocenters. The molecule has 0 unspecified atom stereocenters. The molecule has 18 rings (SSSR count). The predicted molar refractivity (Wildman–Crippen MR) is 406 cm³/mol. The summed E-state index contributed by atoms with van der Waals surface area (Å²) in [4.78, 5) is 0. The molecular weight excluding hydrogens is 1260 g/mol. The van der Waals surface area contributed by atoms with Crippen molar-refractivity contribution in [3.8, 4) is 50.2 Å². The van der Waals surface area contributed by atoms with Crippen molar-refractivity contribution in [1.82, 2.24) is 4.57 Å². The first-order valence-electron chi connectivity index (χ1n) is 30.7. The van der Waals surface area contributed by atoms with Crippen LogP contribution in [0.25, 0.3) is 158 Å². The van der Waals surface area contributed by atoms with Crippen LogP contribution < -0.4 is 0 Å². The minimum Gasteiger partial charge on any atom is -0.309 e. The third kappa shape index (κ3) is 10.6. The van der Waals surface area contributed by atoms with Gasteiger partial charge in [-0.3, -0.25) is 0 Å². The van der Waals surface area contributed by atoms with Crippen LogP contribution in [0, 0.1) is 0 Å². The van der Waals surface area contributed by atoms with E-state index in [9.17, 15) is 0 Å². The van der Waals surface area contributed by atoms with Crippen molar-refractivity contribution in [2.24, 2.45) is 0 Å². The lowest BCUT2D eigenvalue weighted by molar-refractivity contribution is 1.18. The number of para-hydroxylation sites is 2. The molecule has 0 aliphatic heterocycles. The molecule has 0 N–H and O–H groups in total. The summed E-state index contributed by atoms with van der Waals surface area (Å²) in [5.74, 6) is 0. The first-order chi connectivity index (χ1) is 45.6. The topological polar surface area (TPSA) is 4.93 Å². The summed E-state index contributed by atoms with van der Waals surface area (Å²) < 4.78 is 2.34. The maximum Gasteiger partial charge on any atom is 0.0541 e. The Bertz CT molecular complexity index is 5830. The first kappa shape index (κ1) is 58.4. The Hall–Kier alpha value is -9.64. The highest BCUT2D eigenvalue weighted by molar-refractivity contribution is 6.42. The van der Waals surface area contributed by atoms with Crippen LogP contribution in [0.2, 0.25) is 30.1 Å². The molecular formula is C86H51Cl6N. The number of benzene rings is 17. The number of nitrogens with zero attached hydrogens (tertiary/aromatic N) is 1. The van der Waals surface area contributed by atoms with Gasteiger partial charge in [0.2, 0.25) is 0 Å². The lowest BCUT2D eigenvalue weighted by Crippen LogP contribution is -1.93. The molecule has 93 heavy (non-hydrogen) atoms. The fourth-order valence-corrected chi connectivity index (χ4v) is 15.1. The zero-order chi connectivity index (χ0) is 62.8. The Kier molecular flexibility index (Phi) is 15.4. The van der Waals surface area contributed by atoms with E-state index in [1.54, 1.807) is 0 Å². The van der Waals surface area contributed by atoms with E-state index in [1.165, 1.54) is 65.6 Å². The van der Waals surface area contributed by atoms with Gasteiger partial charge < -0.3 is 4.57 Å². The third-order valence-corrected chi connectivity index (χ3v) is 20.0. The Balaban J connectivity index is 0.000000112. The van der Waals surface area contributed by atoms with Gasteiger partial charge in [-0.15, -0.1) is 0 Å². The highest BCUT2D eigenvalue weighted by Gasteiger charge is 2.20. The average molecular weight is 1310 g/mol. The number of hydrogen-bond donors (Lipinski definition) is 0. The number of fused-ring (bicyclic) bond motifs is 11. The first-order valence-corrected chi connectivity index (χ1v) is 32.9. The summed E-state index contributed by atoms with van der Waals surface area (Å²) in [5.41, 5.74) is 12.9. The largest absolute Gasteiger partial charge is 0.309 e. The van der Waals surface area contributed by atoms with E-state index >= 15 is 0 Å². The second kappa shape index (κ2) is 24.4. The molecule has 0 amide bonds. The van der Waals surface area contributed by atoms with Gasteiger partial charge in [-0.25, -0.2) is 0 Å². The Morgan fingerprint density at radius 1 is 0.172 bits per heavy atom. The second-order valence-corrected chi connectivity index (χ2v) is 25.8. The van der Waals surface area contributed by atoms with Crippen LogP contribution in [0.1, 0.15) is 0 Å². The molecule has 0 spiro atoms. The van der Waals surface area contributed by atoms with Gasteiger partial charge in [0, 0.05) is 78.9 Å². The van der Waals surface area contributed by atoms with Gasteiger partial charge in [0.15, 0.2) is 0 Å². The molecule has 1 heterocycles. The van der Waals surface area contributed by atoms with Crippen LogP contribution in [0.5, 0.6) is 0 Å². The number of aromatic nitrogens is 1. The quantitative estimate of drug-likeness (QED) is 0.151. The molecule has 442 valence electrons. The fraction of sp³-hybridized carbons (Fsp3) is 0. The minimum absolute atomic E-state index is 0.729. The Morgan fingerprint density at radius 3 is 0.935 bits per heavy atom. The van der Waals surface area contributed by atoms with E-state index in [-0.39, 0.29) is 0 Å². The van der Waals surface area contributed by atoms with Gasteiger partial charge in [-0.05, 0) is 195 Å². The second-order valence-electron chi connectivity index (χ2n) is 23.4. The van der Waals surface area contributed by atoms with Crippen LogP contribution in [-0.4, -0.2) is 4.57 Å². The van der Waals surface area contributed by atoms with Crippen LogP contribution >= 0.6 is 69.6 Å². The molecule has 0 saturated heterocycles. The molecule has 0 saturated carbocycles. The van der Waals surface area contributed by atoms with Gasteiger partial charge in [0.25, 0.3) is 0 Å². The van der Waals surface area contributed by atoms with Crippen molar-refractivity contribution in [3.05, 3.63) is 340 Å². The summed E-state index contributed by atoms with van der Waals surface area (Å²) in [6.45, 7) is 0. The summed E-state index contributed by atoms with van der Waals surface area (Å²) in [7, 11) is 0. The predicted octanol–water partition coefficient (Wildman–Crippen LogP) is 28.0. The van der Waals surface area contributed by atoms with E-state index in [1.807, 2.05) is 72.8 Å². The smallest absolute Gasteiger partial charge is 0.0541 e. The lowest BCUT2D eigenvalue weighted by atomic mass is 9.91. The SMILES string of the molecule is Clc1cccc2c(-c3ccc(-c4ccc5ccccc5c4)cc3)c3cccc(Cl)c3cc12.Clc1cccc2c(-c3ccc4c(c3)c3ccccc3n4-c3ccccc3)c3cccc(Cl)c3cc12.Clc1cccc2c(-c3ccc4ccccc4c3)c3cccc(Cl)c3cc12. The van der Waals surface area contributed by atoms with Crippen molar-refractivity contribution in [2.75, 3.05) is 0 Å². The highest BCUT2D eigenvalue weighted by atomic mass is 35.5. The molecule has 7 heteroatoms. The van der Waals surface area contributed by atoms with Gasteiger partial charge in [-0.1, -0.05) is 282 Å². The van der Waals surface area contributed by atoms with E-state index in [2.05, 4.69) is 241 Å². The third-order valence-electron chi connectivity index (χ3n) is 18.1. The summed E-state index contributed by atoms with van der Waals surface area (Å²) in [6, 6.07) is 108. The molecule has 1 nitrogen and oxygen atoms in total.